The summed E-state index contributed by atoms with van der Waals surface area (Å²) in [7, 11) is 0. The van der Waals surface area contributed by atoms with Gasteiger partial charge < -0.3 is 4.79 Å². The summed E-state index contributed by atoms with van der Waals surface area (Å²) in [6.45, 7) is 0. The van der Waals surface area contributed by atoms with E-state index in [9.17, 15) is 9.18 Å². The van der Waals surface area contributed by atoms with Gasteiger partial charge in [-0.1, -0.05) is 33.6 Å². The number of halogens is 3. The van der Waals surface area contributed by atoms with E-state index in [1.165, 1.54) is 18.2 Å². The van der Waals surface area contributed by atoms with Gasteiger partial charge in [-0.05, 0) is 17.7 Å². The van der Waals surface area contributed by atoms with Gasteiger partial charge in [0.1, 0.15) is 12.1 Å². The highest BCUT2D eigenvalue weighted by atomic mass is 79.9. The van der Waals surface area contributed by atoms with E-state index < -0.39 is 10.6 Å². The first kappa shape index (κ1) is 9.68. The molecule has 12 heavy (non-hydrogen) atoms. The van der Waals surface area contributed by atoms with Crippen LogP contribution in [0.2, 0.25) is 5.02 Å². The summed E-state index contributed by atoms with van der Waals surface area (Å²) in [4.78, 5) is 9.88. The molecule has 1 rings (SSSR count). The van der Waals surface area contributed by atoms with Gasteiger partial charge >= 0.3 is 0 Å². The van der Waals surface area contributed by atoms with Gasteiger partial charge in [-0.2, -0.15) is 0 Å². The maximum atomic E-state index is 12.5. The lowest BCUT2D eigenvalue weighted by Gasteiger charge is -2.04. The number of hydrogen-bond donors (Lipinski definition) is 0. The van der Waals surface area contributed by atoms with E-state index in [1.54, 1.807) is 0 Å². The maximum absolute atomic E-state index is 12.5. The second kappa shape index (κ2) is 4.01. The molecule has 1 unspecified atom stereocenters. The second-order valence-corrected chi connectivity index (χ2v) is 3.60. The minimum Gasteiger partial charge on any atom is -0.302 e. The lowest BCUT2D eigenvalue weighted by molar-refractivity contribution is -0.107. The molecule has 64 valence electrons. The molecular formula is C8H5BrClFO. The van der Waals surface area contributed by atoms with Crippen molar-refractivity contribution in [2.45, 2.75) is 4.83 Å². The Bertz CT molecular complexity index is 303. The fourth-order valence-corrected chi connectivity index (χ4v) is 1.61. The first-order valence-electron chi connectivity index (χ1n) is 3.19. The zero-order chi connectivity index (χ0) is 9.14. The van der Waals surface area contributed by atoms with Crippen LogP contribution in [-0.2, 0) is 4.79 Å². The Kier molecular flexibility index (Phi) is 3.23. The standard InChI is InChI=1S/C8H5BrClFO/c9-7(4-12)6-2-1-5(11)3-8(6)10/h1-4,7H. The smallest absolute Gasteiger partial charge is 0.138 e. The molecular weight excluding hydrogens is 246 g/mol. The minimum atomic E-state index is -0.467. The Morgan fingerprint density at radius 2 is 2.25 bits per heavy atom. The Balaban J connectivity index is 3.09. The highest BCUT2D eigenvalue weighted by Gasteiger charge is 2.10. The van der Waals surface area contributed by atoms with E-state index in [0.29, 0.717) is 11.8 Å². The van der Waals surface area contributed by atoms with Crippen LogP contribution in [0, 0.1) is 5.82 Å². The zero-order valence-corrected chi connectivity index (χ0v) is 8.27. The molecule has 0 heterocycles. The fourth-order valence-electron chi connectivity index (χ4n) is 0.798. The topological polar surface area (TPSA) is 17.1 Å². The monoisotopic (exact) mass is 250 g/mol. The van der Waals surface area contributed by atoms with E-state index in [4.69, 9.17) is 11.6 Å². The Labute approximate surface area is 82.7 Å². The summed E-state index contributed by atoms with van der Waals surface area (Å²) in [5.74, 6) is -0.408. The third-order valence-corrected chi connectivity index (χ3v) is 2.42. The fraction of sp³-hybridized carbons (Fsp3) is 0.125. The summed E-state index contributed by atoms with van der Waals surface area (Å²) in [6, 6.07) is 3.92. The number of carbonyl (C=O) groups excluding carboxylic acids is 1. The molecule has 0 bridgehead atoms. The zero-order valence-electron chi connectivity index (χ0n) is 5.93. The maximum Gasteiger partial charge on any atom is 0.138 e. The predicted molar refractivity (Wildman–Crippen MR) is 49.1 cm³/mol. The van der Waals surface area contributed by atoms with E-state index in [-0.39, 0.29) is 5.02 Å². The Morgan fingerprint density at radius 1 is 1.58 bits per heavy atom. The molecule has 4 heteroatoms. The number of aldehydes is 1. The molecule has 1 aromatic rings. The molecule has 0 spiro atoms. The normalized spacial score (nSPS) is 12.6. The average Bonchev–Trinajstić information content (AvgIpc) is 2.03. The molecule has 0 amide bonds. The number of rotatable bonds is 2. The first-order chi connectivity index (χ1) is 5.65. The molecule has 0 fully saturated rings. The van der Waals surface area contributed by atoms with Crippen molar-refractivity contribution in [3.8, 4) is 0 Å². The molecule has 1 atom stereocenters. The summed E-state index contributed by atoms with van der Waals surface area (Å²) < 4.78 is 12.5. The molecule has 0 aliphatic heterocycles. The van der Waals surface area contributed by atoms with Gasteiger partial charge in [-0.15, -0.1) is 0 Å². The molecule has 0 saturated heterocycles. The molecule has 0 N–H and O–H groups in total. The van der Waals surface area contributed by atoms with Crippen LogP contribution in [0.4, 0.5) is 4.39 Å². The van der Waals surface area contributed by atoms with Crippen molar-refractivity contribution in [2.24, 2.45) is 0 Å². The van der Waals surface area contributed by atoms with Gasteiger partial charge in [0.15, 0.2) is 0 Å². The van der Waals surface area contributed by atoms with Gasteiger partial charge in [-0.3, -0.25) is 0 Å². The largest absolute Gasteiger partial charge is 0.302 e. The Morgan fingerprint density at radius 3 is 2.75 bits per heavy atom. The van der Waals surface area contributed by atoms with Gasteiger partial charge in [0, 0.05) is 5.02 Å². The van der Waals surface area contributed by atoms with E-state index in [2.05, 4.69) is 15.9 Å². The van der Waals surface area contributed by atoms with Crippen LogP contribution in [0.1, 0.15) is 10.4 Å². The summed E-state index contributed by atoms with van der Waals surface area (Å²) >= 11 is 8.76. The highest BCUT2D eigenvalue weighted by Crippen LogP contribution is 2.27. The van der Waals surface area contributed by atoms with Crippen molar-refractivity contribution in [3.05, 3.63) is 34.6 Å². The molecule has 0 aliphatic carbocycles. The van der Waals surface area contributed by atoms with E-state index >= 15 is 0 Å². The van der Waals surface area contributed by atoms with Crippen LogP contribution >= 0.6 is 27.5 Å². The average molecular weight is 251 g/mol. The van der Waals surface area contributed by atoms with Crippen LogP contribution < -0.4 is 0 Å². The summed E-state index contributed by atoms with van der Waals surface area (Å²) in [5, 5.41) is 0.254. The number of alkyl halides is 1. The molecule has 0 radical (unpaired) electrons. The third kappa shape index (κ3) is 2.05. The number of benzene rings is 1. The van der Waals surface area contributed by atoms with Crippen molar-refractivity contribution < 1.29 is 9.18 Å². The van der Waals surface area contributed by atoms with Crippen LogP contribution in [0.25, 0.3) is 0 Å². The van der Waals surface area contributed by atoms with Crippen molar-refractivity contribution >= 4 is 33.8 Å². The van der Waals surface area contributed by atoms with Crippen molar-refractivity contribution in [3.63, 3.8) is 0 Å². The van der Waals surface area contributed by atoms with E-state index in [0.717, 1.165) is 0 Å². The lowest BCUT2D eigenvalue weighted by atomic mass is 10.2. The van der Waals surface area contributed by atoms with Gasteiger partial charge in [0.05, 0.1) is 4.83 Å². The number of hydrogen-bond acceptors (Lipinski definition) is 1. The Hall–Kier alpha value is -0.410. The van der Waals surface area contributed by atoms with Crippen LogP contribution in [0.15, 0.2) is 18.2 Å². The van der Waals surface area contributed by atoms with Crippen molar-refractivity contribution in [1.29, 1.82) is 0 Å². The molecule has 0 aromatic heterocycles. The molecule has 0 aliphatic rings. The van der Waals surface area contributed by atoms with Gasteiger partial charge in [0.25, 0.3) is 0 Å². The predicted octanol–water partition coefficient (Wildman–Crippen LogP) is 3.11. The van der Waals surface area contributed by atoms with E-state index in [1.807, 2.05) is 0 Å². The number of carbonyl (C=O) groups is 1. The highest BCUT2D eigenvalue weighted by molar-refractivity contribution is 9.09. The quantitative estimate of drug-likeness (QED) is 0.583. The van der Waals surface area contributed by atoms with Gasteiger partial charge in [0.2, 0.25) is 0 Å². The SMILES string of the molecule is O=CC(Br)c1ccc(F)cc1Cl. The van der Waals surface area contributed by atoms with Crippen LogP contribution in [0.5, 0.6) is 0 Å². The van der Waals surface area contributed by atoms with Crippen LogP contribution in [0.3, 0.4) is 0 Å². The lowest BCUT2D eigenvalue weighted by Crippen LogP contribution is -1.92. The van der Waals surface area contributed by atoms with Crippen molar-refractivity contribution in [1.82, 2.24) is 0 Å². The van der Waals surface area contributed by atoms with Crippen LogP contribution in [-0.4, -0.2) is 6.29 Å². The van der Waals surface area contributed by atoms with Crippen molar-refractivity contribution in [2.75, 3.05) is 0 Å². The molecule has 1 aromatic carbocycles. The first-order valence-corrected chi connectivity index (χ1v) is 4.49. The molecule has 0 saturated carbocycles. The van der Waals surface area contributed by atoms with Gasteiger partial charge in [-0.25, -0.2) is 4.39 Å². The third-order valence-electron chi connectivity index (χ3n) is 1.38. The summed E-state index contributed by atoms with van der Waals surface area (Å²) in [5.41, 5.74) is 0.577. The summed E-state index contributed by atoms with van der Waals surface area (Å²) in [6.07, 6.45) is 0.694. The minimum absolute atomic E-state index is 0.254. The molecule has 1 nitrogen and oxygen atoms in total. The second-order valence-electron chi connectivity index (χ2n) is 2.20.